The highest BCUT2D eigenvalue weighted by molar-refractivity contribution is 8.76. The maximum Gasteiger partial charge on any atom is 0.304 e. The van der Waals surface area contributed by atoms with Crippen LogP contribution < -0.4 is 10.6 Å². The molecule has 34 heavy (non-hydrogen) atoms. The number of carboxylic acid groups (broad SMARTS) is 2. The topological polar surface area (TPSA) is 133 Å². The zero-order chi connectivity index (χ0) is 26.4. The predicted octanol–water partition coefficient (Wildman–Crippen LogP) is 3.85. The van der Waals surface area contributed by atoms with Crippen LogP contribution in [-0.2, 0) is 19.2 Å². The third kappa shape index (κ3) is 19.6. The highest BCUT2D eigenvalue weighted by Crippen LogP contribution is 2.28. The van der Waals surface area contributed by atoms with Gasteiger partial charge in [-0.1, -0.05) is 63.1 Å². The minimum absolute atomic E-state index is 0.0436. The summed E-state index contributed by atoms with van der Waals surface area (Å²) in [6, 6.07) is 0. The molecule has 8 nitrogen and oxygen atoms in total. The first kappa shape index (κ1) is 33.3. The molecule has 2 atom stereocenters. The number of carboxylic acids is 2. The number of thioether (sulfide) groups is 2. The average molecular weight is 557 g/mol. The van der Waals surface area contributed by atoms with Gasteiger partial charge in [-0.05, 0) is 0 Å². The molecule has 0 bridgehead atoms. The largest absolute Gasteiger partial charge is 0.481 e. The fraction of sp³-hybridized carbons (Fsp3) is 0.818. The molecular formula is C22H40N2O6S4. The summed E-state index contributed by atoms with van der Waals surface area (Å²) in [7, 11) is 3.11. The standard InChI is InChI=1S/C22H40N2O6S4/c1-21(2,3)31-13-15(11-17(25)26)19(29)23-7-9-33-34-10-8-24-20(30)16(12-18(27)28)14-32-22(4,5)6/h15-16H,7-14H2,1-6H3,(H,23,29)(H,24,30)(H,25,26)(H,27,28). The van der Waals surface area contributed by atoms with Crippen LogP contribution >= 0.6 is 45.1 Å². The molecule has 0 aliphatic carbocycles. The number of hydrogen-bond donors (Lipinski definition) is 4. The van der Waals surface area contributed by atoms with Crippen LogP contribution in [0, 0.1) is 11.8 Å². The van der Waals surface area contributed by atoms with E-state index in [1.165, 1.54) is 0 Å². The zero-order valence-electron chi connectivity index (χ0n) is 21.0. The van der Waals surface area contributed by atoms with Crippen LogP contribution in [0.1, 0.15) is 54.4 Å². The van der Waals surface area contributed by atoms with E-state index < -0.39 is 23.8 Å². The summed E-state index contributed by atoms with van der Waals surface area (Å²) in [5.74, 6) is -1.35. The second kappa shape index (κ2) is 16.9. The molecule has 0 aliphatic heterocycles. The first-order valence-corrected chi connectivity index (χ1v) is 15.6. The Morgan fingerprint density at radius 1 is 0.676 bits per heavy atom. The first-order valence-electron chi connectivity index (χ1n) is 11.1. The van der Waals surface area contributed by atoms with E-state index in [1.807, 2.05) is 41.5 Å². The van der Waals surface area contributed by atoms with Gasteiger partial charge >= 0.3 is 11.9 Å². The molecular weight excluding hydrogens is 517 g/mol. The second-order valence-corrected chi connectivity index (χ2v) is 16.1. The lowest BCUT2D eigenvalue weighted by Crippen LogP contribution is -2.35. The smallest absolute Gasteiger partial charge is 0.304 e. The highest BCUT2D eigenvalue weighted by Gasteiger charge is 2.25. The van der Waals surface area contributed by atoms with Crippen LogP contribution in [0.15, 0.2) is 0 Å². The van der Waals surface area contributed by atoms with E-state index in [9.17, 15) is 19.2 Å². The normalized spacial score (nSPS) is 13.7. The van der Waals surface area contributed by atoms with Crippen molar-refractivity contribution in [3.63, 3.8) is 0 Å². The number of nitrogens with one attached hydrogen (secondary N) is 2. The van der Waals surface area contributed by atoms with Gasteiger partial charge in [-0.25, -0.2) is 0 Å². The number of carbonyl (C=O) groups excluding carboxylic acids is 2. The number of carbonyl (C=O) groups is 4. The molecule has 0 fully saturated rings. The van der Waals surface area contributed by atoms with Crippen molar-refractivity contribution in [3.05, 3.63) is 0 Å². The monoisotopic (exact) mass is 556 g/mol. The summed E-state index contributed by atoms with van der Waals surface area (Å²) in [5, 5.41) is 23.8. The van der Waals surface area contributed by atoms with E-state index in [1.54, 1.807) is 45.1 Å². The molecule has 0 saturated heterocycles. The Balaban J connectivity index is 4.19. The van der Waals surface area contributed by atoms with Gasteiger partial charge in [0.2, 0.25) is 11.8 Å². The lowest BCUT2D eigenvalue weighted by Gasteiger charge is -2.21. The van der Waals surface area contributed by atoms with Gasteiger partial charge in [0.15, 0.2) is 0 Å². The molecule has 2 amide bonds. The number of hydrogen-bond acceptors (Lipinski definition) is 8. The maximum absolute atomic E-state index is 12.4. The summed E-state index contributed by atoms with van der Waals surface area (Å²) in [6.07, 6.45) is -0.374. The maximum atomic E-state index is 12.4. The number of rotatable bonds is 17. The molecule has 0 aliphatic rings. The van der Waals surface area contributed by atoms with Crippen molar-refractivity contribution in [1.29, 1.82) is 0 Å². The molecule has 0 aromatic heterocycles. The van der Waals surface area contributed by atoms with E-state index in [0.29, 0.717) is 36.1 Å². The number of aliphatic carboxylic acids is 2. The van der Waals surface area contributed by atoms with Crippen LogP contribution in [0.2, 0.25) is 0 Å². The van der Waals surface area contributed by atoms with Gasteiger partial charge in [-0.3, -0.25) is 19.2 Å². The first-order chi connectivity index (χ1) is 15.6. The van der Waals surface area contributed by atoms with E-state index in [2.05, 4.69) is 10.6 Å². The Hall–Kier alpha value is -0.720. The van der Waals surface area contributed by atoms with Gasteiger partial charge < -0.3 is 20.8 Å². The van der Waals surface area contributed by atoms with Crippen molar-refractivity contribution in [2.45, 2.75) is 63.9 Å². The van der Waals surface area contributed by atoms with Gasteiger partial charge in [-0.2, -0.15) is 23.5 Å². The Morgan fingerprint density at radius 3 is 1.26 bits per heavy atom. The summed E-state index contributed by atoms with van der Waals surface area (Å²) in [4.78, 5) is 46.9. The summed E-state index contributed by atoms with van der Waals surface area (Å²) in [5.41, 5.74) is 0. The quantitative estimate of drug-likeness (QED) is 0.155. The van der Waals surface area contributed by atoms with Crippen LogP contribution in [-0.4, -0.2) is 79.6 Å². The van der Waals surface area contributed by atoms with Crippen LogP contribution in [0.25, 0.3) is 0 Å². The molecule has 0 saturated carbocycles. The highest BCUT2D eigenvalue weighted by atomic mass is 33.1. The molecule has 0 spiro atoms. The van der Waals surface area contributed by atoms with Gasteiger partial charge in [0.1, 0.15) is 0 Å². The second-order valence-electron chi connectivity index (χ2n) is 9.66. The molecule has 12 heteroatoms. The molecule has 0 rings (SSSR count). The number of amides is 2. The van der Waals surface area contributed by atoms with Gasteiger partial charge in [0, 0.05) is 45.6 Å². The summed E-state index contributed by atoms with van der Waals surface area (Å²) < 4.78 is -0.0873. The van der Waals surface area contributed by atoms with E-state index in [0.717, 1.165) is 0 Å². The third-order valence-corrected chi connectivity index (χ3v) is 9.35. The lowest BCUT2D eigenvalue weighted by atomic mass is 10.1. The van der Waals surface area contributed by atoms with E-state index in [-0.39, 0.29) is 34.2 Å². The molecule has 0 heterocycles. The van der Waals surface area contributed by atoms with Crippen molar-refractivity contribution >= 4 is 68.9 Å². The summed E-state index contributed by atoms with van der Waals surface area (Å²) >= 11 is 3.15. The van der Waals surface area contributed by atoms with Crippen molar-refractivity contribution in [2.75, 3.05) is 36.1 Å². The lowest BCUT2D eigenvalue weighted by molar-refractivity contribution is -0.141. The Morgan fingerprint density at radius 2 is 1.00 bits per heavy atom. The third-order valence-electron chi connectivity index (χ3n) is 4.07. The molecule has 0 aromatic rings. The van der Waals surface area contributed by atoms with E-state index in [4.69, 9.17) is 10.2 Å². The predicted molar refractivity (Wildman–Crippen MR) is 147 cm³/mol. The molecule has 2 unspecified atom stereocenters. The van der Waals surface area contributed by atoms with Crippen molar-refractivity contribution < 1.29 is 29.4 Å². The van der Waals surface area contributed by atoms with Crippen molar-refractivity contribution in [3.8, 4) is 0 Å². The van der Waals surface area contributed by atoms with Crippen molar-refractivity contribution in [2.24, 2.45) is 11.8 Å². The van der Waals surface area contributed by atoms with Crippen LogP contribution in [0.5, 0.6) is 0 Å². The minimum Gasteiger partial charge on any atom is -0.481 e. The fourth-order valence-electron chi connectivity index (χ4n) is 2.42. The average Bonchev–Trinajstić information content (AvgIpc) is 2.68. The van der Waals surface area contributed by atoms with Gasteiger partial charge in [-0.15, -0.1) is 0 Å². The minimum atomic E-state index is -0.982. The Bertz CT molecular complexity index is 609. The van der Waals surface area contributed by atoms with Crippen LogP contribution in [0.4, 0.5) is 0 Å². The molecule has 198 valence electrons. The fourth-order valence-corrected chi connectivity index (χ4v) is 6.17. The van der Waals surface area contributed by atoms with Gasteiger partial charge in [0.05, 0.1) is 24.7 Å². The summed E-state index contributed by atoms with van der Waals surface area (Å²) in [6.45, 7) is 13.0. The van der Waals surface area contributed by atoms with E-state index >= 15 is 0 Å². The molecule has 0 radical (unpaired) electrons. The Labute approximate surface area is 220 Å². The molecule has 0 aromatic carbocycles. The van der Waals surface area contributed by atoms with Gasteiger partial charge in [0.25, 0.3) is 0 Å². The SMILES string of the molecule is CC(C)(C)SCC(CC(=O)O)C(=O)NCCSSCCNC(=O)C(CSC(C)(C)C)CC(=O)O. The van der Waals surface area contributed by atoms with Crippen LogP contribution in [0.3, 0.4) is 0 Å². The zero-order valence-corrected chi connectivity index (χ0v) is 24.2. The van der Waals surface area contributed by atoms with Crippen molar-refractivity contribution in [1.82, 2.24) is 10.6 Å². The molecule has 4 N–H and O–H groups in total. The Kier molecular flexibility index (Phi) is 16.5.